The van der Waals surface area contributed by atoms with Crippen LogP contribution in [0.2, 0.25) is 0 Å². The van der Waals surface area contributed by atoms with Gasteiger partial charge in [-0.05, 0) is 42.2 Å². The summed E-state index contributed by atoms with van der Waals surface area (Å²) in [6, 6.07) is 8.11. The van der Waals surface area contributed by atoms with Gasteiger partial charge in [-0.25, -0.2) is 9.78 Å². The molecule has 1 unspecified atom stereocenters. The molecule has 4 heterocycles. The van der Waals surface area contributed by atoms with E-state index in [1.807, 2.05) is 35.5 Å². The lowest BCUT2D eigenvalue weighted by Gasteiger charge is -2.27. The van der Waals surface area contributed by atoms with Gasteiger partial charge < -0.3 is 29.4 Å². The van der Waals surface area contributed by atoms with E-state index in [4.69, 9.17) is 14.2 Å². The summed E-state index contributed by atoms with van der Waals surface area (Å²) in [4.78, 5) is 22.3. The van der Waals surface area contributed by atoms with E-state index in [9.17, 15) is 4.79 Å². The zero-order valence-electron chi connectivity index (χ0n) is 18.9. The number of urea groups is 1. The maximum absolute atomic E-state index is 12.6. The van der Waals surface area contributed by atoms with Crippen LogP contribution in [-0.4, -0.2) is 67.5 Å². The Kier molecular flexibility index (Phi) is 5.92. The third-order valence-electron chi connectivity index (χ3n) is 6.35. The standard InChI is InChI=1S/C25H28N4O4/c1-31-22-4-3-17(12-23(22)32-2)18-11-20-21(14-27-24(20)26-13-18)16-5-8-29(9-6-16)25(30)28-19-7-10-33-15-19/h3-5,11-14,19H,6-10,15H2,1-2H3,(H,26,27)(H,28,30). The first-order chi connectivity index (χ1) is 16.2. The van der Waals surface area contributed by atoms with Gasteiger partial charge in [-0.1, -0.05) is 12.1 Å². The van der Waals surface area contributed by atoms with Crippen LogP contribution in [0.15, 0.2) is 42.7 Å². The number of benzene rings is 1. The molecule has 1 fully saturated rings. The number of carbonyl (C=O) groups is 1. The smallest absolute Gasteiger partial charge is 0.317 e. The molecule has 0 bridgehead atoms. The Labute approximate surface area is 192 Å². The van der Waals surface area contributed by atoms with Crippen molar-refractivity contribution < 1.29 is 19.0 Å². The van der Waals surface area contributed by atoms with E-state index in [1.54, 1.807) is 14.2 Å². The predicted octanol–water partition coefficient (Wildman–Crippen LogP) is 3.83. The average molecular weight is 449 g/mol. The predicted molar refractivity (Wildman–Crippen MR) is 127 cm³/mol. The topological polar surface area (TPSA) is 88.7 Å². The highest BCUT2D eigenvalue weighted by atomic mass is 16.5. The highest BCUT2D eigenvalue weighted by molar-refractivity contribution is 5.93. The highest BCUT2D eigenvalue weighted by Gasteiger charge is 2.24. The van der Waals surface area contributed by atoms with Gasteiger partial charge >= 0.3 is 6.03 Å². The van der Waals surface area contributed by atoms with Crippen molar-refractivity contribution in [3.05, 3.63) is 48.3 Å². The molecule has 1 aromatic carbocycles. The summed E-state index contributed by atoms with van der Waals surface area (Å²) >= 11 is 0. The maximum Gasteiger partial charge on any atom is 0.317 e. The second-order valence-electron chi connectivity index (χ2n) is 8.33. The highest BCUT2D eigenvalue weighted by Crippen LogP contribution is 2.35. The van der Waals surface area contributed by atoms with Gasteiger partial charge in [0.2, 0.25) is 0 Å². The van der Waals surface area contributed by atoms with Crippen LogP contribution in [0.4, 0.5) is 4.79 Å². The number of hydrogen-bond donors (Lipinski definition) is 2. The Bertz CT molecular complexity index is 1200. The number of nitrogens with zero attached hydrogens (tertiary/aromatic N) is 2. The number of nitrogens with one attached hydrogen (secondary N) is 2. The van der Waals surface area contributed by atoms with Gasteiger partial charge in [-0.3, -0.25) is 0 Å². The SMILES string of the molecule is COc1ccc(-c2cnc3[nH]cc(C4=CCN(C(=O)NC5CCOC5)CC4)c3c2)cc1OC. The monoisotopic (exact) mass is 448 g/mol. The van der Waals surface area contributed by atoms with Crippen LogP contribution in [0.3, 0.4) is 0 Å². The van der Waals surface area contributed by atoms with Crippen LogP contribution < -0.4 is 14.8 Å². The van der Waals surface area contributed by atoms with Gasteiger partial charge in [0, 0.05) is 48.6 Å². The number of rotatable bonds is 5. The molecular weight excluding hydrogens is 420 g/mol. The van der Waals surface area contributed by atoms with Crippen LogP contribution >= 0.6 is 0 Å². The number of amides is 2. The van der Waals surface area contributed by atoms with Gasteiger partial charge in [-0.2, -0.15) is 0 Å². The average Bonchev–Trinajstić information content (AvgIpc) is 3.53. The van der Waals surface area contributed by atoms with Gasteiger partial charge in [-0.15, -0.1) is 0 Å². The van der Waals surface area contributed by atoms with Crippen LogP contribution in [0, 0.1) is 0 Å². The quantitative estimate of drug-likeness (QED) is 0.619. The second-order valence-corrected chi connectivity index (χ2v) is 8.33. The Balaban J connectivity index is 1.37. The molecule has 0 saturated carbocycles. The Hall–Kier alpha value is -3.52. The number of ether oxygens (including phenoxy) is 3. The fraction of sp³-hybridized carbons (Fsp3) is 0.360. The van der Waals surface area contributed by atoms with Crippen molar-refractivity contribution in [1.82, 2.24) is 20.2 Å². The molecule has 0 aliphatic carbocycles. The molecule has 8 nitrogen and oxygen atoms in total. The van der Waals surface area contributed by atoms with E-state index in [0.29, 0.717) is 31.2 Å². The minimum absolute atomic E-state index is 0.0165. The molecular formula is C25H28N4O4. The molecule has 2 amide bonds. The Morgan fingerprint density at radius 1 is 1.21 bits per heavy atom. The minimum Gasteiger partial charge on any atom is -0.493 e. The van der Waals surface area contributed by atoms with Crippen molar-refractivity contribution in [1.29, 1.82) is 0 Å². The molecule has 2 aromatic heterocycles. The lowest BCUT2D eigenvalue weighted by molar-refractivity contribution is 0.180. The van der Waals surface area contributed by atoms with Crippen molar-refractivity contribution in [2.75, 3.05) is 40.5 Å². The van der Waals surface area contributed by atoms with E-state index in [1.165, 1.54) is 5.57 Å². The minimum atomic E-state index is -0.0165. The van der Waals surface area contributed by atoms with Crippen molar-refractivity contribution in [2.24, 2.45) is 0 Å². The van der Waals surface area contributed by atoms with E-state index >= 15 is 0 Å². The zero-order valence-corrected chi connectivity index (χ0v) is 18.9. The molecule has 2 aliphatic rings. The maximum atomic E-state index is 12.6. The Morgan fingerprint density at radius 3 is 2.82 bits per heavy atom. The van der Waals surface area contributed by atoms with Crippen LogP contribution in [0.1, 0.15) is 18.4 Å². The van der Waals surface area contributed by atoms with Gasteiger partial charge in [0.05, 0.1) is 26.9 Å². The van der Waals surface area contributed by atoms with E-state index in [-0.39, 0.29) is 12.1 Å². The van der Waals surface area contributed by atoms with Gasteiger partial charge in [0.15, 0.2) is 11.5 Å². The van der Waals surface area contributed by atoms with Gasteiger partial charge in [0.25, 0.3) is 0 Å². The van der Waals surface area contributed by atoms with Crippen molar-refractivity contribution in [3.8, 4) is 22.6 Å². The fourth-order valence-electron chi connectivity index (χ4n) is 4.46. The first-order valence-electron chi connectivity index (χ1n) is 11.2. The summed E-state index contributed by atoms with van der Waals surface area (Å²) in [6.45, 7) is 2.59. The molecule has 172 valence electrons. The summed E-state index contributed by atoms with van der Waals surface area (Å²) in [6.07, 6.45) is 7.68. The van der Waals surface area contributed by atoms with Crippen molar-refractivity contribution in [2.45, 2.75) is 18.9 Å². The molecule has 5 rings (SSSR count). The number of H-pyrrole nitrogens is 1. The fourth-order valence-corrected chi connectivity index (χ4v) is 4.46. The number of fused-ring (bicyclic) bond motifs is 1. The van der Waals surface area contributed by atoms with Crippen molar-refractivity contribution in [3.63, 3.8) is 0 Å². The second kappa shape index (κ2) is 9.15. The summed E-state index contributed by atoms with van der Waals surface area (Å²) in [7, 11) is 3.26. The summed E-state index contributed by atoms with van der Waals surface area (Å²) in [5.74, 6) is 1.38. The molecule has 1 saturated heterocycles. The summed E-state index contributed by atoms with van der Waals surface area (Å²) in [5, 5.41) is 4.13. The van der Waals surface area contributed by atoms with Crippen LogP contribution in [0.25, 0.3) is 27.7 Å². The van der Waals surface area contributed by atoms with Gasteiger partial charge in [0.1, 0.15) is 5.65 Å². The number of aromatic amines is 1. The Morgan fingerprint density at radius 2 is 2.09 bits per heavy atom. The molecule has 1 atom stereocenters. The van der Waals surface area contributed by atoms with Crippen LogP contribution in [-0.2, 0) is 4.74 Å². The third kappa shape index (κ3) is 4.26. The molecule has 3 aromatic rings. The zero-order chi connectivity index (χ0) is 22.8. The molecule has 2 aliphatic heterocycles. The number of aromatic nitrogens is 2. The number of pyridine rings is 1. The lowest BCUT2D eigenvalue weighted by atomic mass is 9.98. The van der Waals surface area contributed by atoms with E-state index in [2.05, 4.69) is 27.4 Å². The third-order valence-corrected chi connectivity index (χ3v) is 6.35. The molecule has 8 heteroatoms. The number of carbonyl (C=O) groups excluding carboxylic acids is 1. The van der Waals surface area contributed by atoms with Crippen molar-refractivity contribution >= 4 is 22.6 Å². The first-order valence-corrected chi connectivity index (χ1v) is 11.2. The molecule has 33 heavy (non-hydrogen) atoms. The first kappa shape index (κ1) is 21.3. The molecule has 0 radical (unpaired) electrons. The number of methoxy groups -OCH3 is 2. The van der Waals surface area contributed by atoms with Crippen LogP contribution in [0.5, 0.6) is 11.5 Å². The number of hydrogen-bond acceptors (Lipinski definition) is 5. The normalized spacial score (nSPS) is 18.3. The molecule has 0 spiro atoms. The largest absolute Gasteiger partial charge is 0.493 e. The van der Waals surface area contributed by atoms with E-state index in [0.717, 1.165) is 47.2 Å². The summed E-state index contributed by atoms with van der Waals surface area (Å²) < 4.78 is 16.2. The lowest BCUT2D eigenvalue weighted by Crippen LogP contribution is -2.46. The summed E-state index contributed by atoms with van der Waals surface area (Å²) in [5.41, 5.74) is 5.20. The van der Waals surface area contributed by atoms with E-state index < -0.39 is 0 Å². The molecule has 2 N–H and O–H groups in total.